The summed E-state index contributed by atoms with van der Waals surface area (Å²) in [5.41, 5.74) is 5.86. The second-order valence-corrected chi connectivity index (χ2v) is 7.77. The zero-order valence-electron chi connectivity index (χ0n) is 18.5. The predicted octanol–water partition coefficient (Wildman–Crippen LogP) is 5.97. The standard InChI is InChI=1S/C29H23N3O2/c33-29(26-15-4-5-16-27(26)32-18-7-8-19-32)31-30-20-23-11-2-6-17-28(23)34-21-24-13-9-12-22-10-1-3-14-25(22)24/h1-20H,21H2,(H,31,33)/b30-20+. The lowest BCUT2D eigenvalue weighted by atomic mass is 10.1. The zero-order valence-corrected chi connectivity index (χ0v) is 18.5. The number of rotatable bonds is 7. The molecule has 4 aromatic carbocycles. The van der Waals surface area contributed by atoms with Crippen molar-refractivity contribution in [3.63, 3.8) is 0 Å². The van der Waals surface area contributed by atoms with Crippen LogP contribution in [0.5, 0.6) is 5.75 Å². The van der Waals surface area contributed by atoms with Crippen molar-refractivity contribution in [3.8, 4) is 11.4 Å². The van der Waals surface area contributed by atoms with Gasteiger partial charge in [-0.2, -0.15) is 5.10 Å². The molecule has 0 spiro atoms. The fourth-order valence-electron chi connectivity index (χ4n) is 3.90. The maximum Gasteiger partial charge on any atom is 0.273 e. The van der Waals surface area contributed by atoms with Gasteiger partial charge in [-0.25, -0.2) is 5.43 Å². The van der Waals surface area contributed by atoms with Crippen molar-refractivity contribution in [1.82, 2.24) is 9.99 Å². The topological polar surface area (TPSA) is 55.6 Å². The summed E-state index contributed by atoms with van der Waals surface area (Å²) in [6.07, 6.45) is 5.41. The van der Waals surface area contributed by atoms with Crippen LogP contribution in [0.4, 0.5) is 0 Å². The molecule has 1 aromatic heterocycles. The number of benzene rings is 4. The van der Waals surface area contributed by atoms with Crippen molar-refractivity contribution in [2.24, 2.45) is 5.10 Å². The van der Waals surface area contributed by atoms with E-state index in [1.807, 2.05) is 89.8 Å². The molecule has 5 rings (SSSR count). The number of hydrogen-bond acceptors (Lipinski definition) is 3. The minimum Gasteiger partial charge on any atom is -0.488 e. The zero-order chi connectivity index (χ0) is 23.2. The van der Waals surface area contributed by atoms with E-state index < -0.39 is 0 Å². The van der Waals surface area contributed by atoms with Gasteiger partial charge < -0.3 is 9.30 Å². The van der Waals surface area contributed by atoms with Crippen molar-refractivity contribution in [3.05, 3.63) is 132 Å². The molecule has 5 heteroatoms. The largest absolute Gasteiger partial charge is 0.488 e. The fourth-order valence-corrected chi connectivity index (χ4v) is 3.90. The van der Waals surface area contributed by atoms with Gasteiger partial charge in [-0.1, -0.05) is 66.7 Å². The van der Waals surface area contributed by atoms with Gasteiger partial charge in [0.05, 0.1) is 17.5 Å². The first-order chi connectivity index (χ1) is 16.8. The third-order valence-electron chi connectivity index (χ3n) is 5.58. The Balaban J connectivity index is 1.30. The third kappa shape index (κ3) is 4.59. The molecule has 0 saturated heterocycles. The summed E-state index contributed by atoms with van der Waals surface area (Å²) in [7, 11) is 0. The van der Waals surface area contributed by atoms with E-state index in [9.17, 15) is 4.79 Å². The maximum atomic E-state index is 12.8. The molecule has 5 aromatic rings. The molecule has 34 heavy (non-hydrogen) atoms. The monoisotopic (exact) mass is 445 g/mol. The highest BCUT2D eigenvalue weighted by Gasteiger charge is 2.11. The van der Waals surface area contributed by atoms with E-state index >= 15 is 0 Å². The molecule has 1 heterocycles. The summed E-state index contributed by atoms with van der Waals surface area (Å²) in [5.74, 6) is 0.413. The van der Waals surface area contributed by atoms with Crippen LogP contribution in [0.25, 0.3) is 16.5 Å². The summed E-state index contributed by atoms with van der Waals surface area (Å²) in [5, 5.41) is 6.55. The molecule has 1 N–H and O–H groups in total. The Kier molecular flexibility index (Phi) is 6.16. The Bertz CT molecular complexity index is 1450. The van der Waals surface area contributed by atoms with Crippen molar-refractivity contribution in [2.45, 2.75) is 6.61 Å². The van der Waals surface area contributed by atoms with Crippen molar-refractivity contribution >= 4 is 22.9 Å². The van der Waals surface area contributed by atoms with Crippen LogP contribution < -0.4 is 10.2 Å². The Morgan fingerprint density at radius 1 is 0.824 bits per heavy atom. The molecule has 0 atom stereocenters. The Hall–Kier alpha value is -4.64. The molecule has 1 amide bonds. The number of nitrogens with one attached hydrogen (secondary N) is 1. The summed E-state index contributed by atoms with van der Waals surface area (Å²) in [4.78, 5) is 12.8. The second-order valence-electron chi connectivity index (χ2n) is 7.77. The fraction of sp³-hybridized carbons (Fsp3) is 0.0345. The summed E-state index contributed by atoms with van der Waals surface area (Å²) >= 11 is 0. The number of aromatic nitrogens is 1. The summed E-state index contributed by atoms with van der Waals surface area (Å²) in [6.45, 7) is 0.433. The molecule has 0 saturated carbocycles. The van der Waals surface area contributed by atoms with Crippen LogP contribution in [0.3, 0.4) is 0 Å². The van der Waals surface area contributed by atoms with E-state index in [-0.39, 0.29) is 5.91 Å². The number of para-hydroxylation sites is 2. The first-order valence-electron chi connectivity index (χ1n) is 11.0. The Morgan fingerprint density at radius 2 is 1.56 bits per heavy atom. The van der Waals surface area contributed by atoms with Gasteiger partial charge in [0.1, 0.15) is 12.4 Å². The maximum absolute atomic E-state index is 12.8. The van der Waals surface area contributed by atoms with E-state index in [4.69, 9.17) is 4.74 Å². The average molecular weight is 446 g/mol. The number of carbonyl (C=O) groups excluding carboxylic acids is 1. The predicted molar refractivity (Wildman–Crippen MR) is 136 cm³/mol. The van der Waals surface area contributed by atoms with Crippen molar-refractivity contribution in [1.29, 1.82) is 0 Å². The minimum atomic E-state index is -0.283. The smallest absolute Gasteiger partial charge is 0.273 e. The van der Waals surface area contributed by atoms with Gasteiger partial charge in [-0.3, -0.25) is 4.79 Å². The van der Waals surface area contributed by atoms with Gasteiger partial charge in [0.2, 0.25) is 0 Å². The van der Waals surface area contributed by atoms with E-state index in [0.29, 0.717) is 17.9 Å². The first kappa shape index (κ1) is 21.2. The van der Waals surface area contributed by atoms with Crippen LogP contribution in [0.2, 0.25) is 0 Å². The van der Waals surface area contributed by atoms with Gasteiger partial charge in [-0.15, -0.1) is 0 Å². The first-order valence-corrected chi connectivity index (χ1v) is 11.0. The lowest BCUT2D eigenvalue weighted by molar-refractivity contribution is 0.0955. The highest BCUT2D eigenvalue weighted by atomic mass is 16.5. The summed E-state index contributed by atoms with van der Waals surface area (Å²) in [6, 6.07) is 33.3. The van der Waals surface area contributed by atoms with Gasteiger partial charge >= 0.3 is 0 Å². The van der Waals surface area contributed by atoms with Crippen molar-refractivity contribution in [2.75, 3.05) is 0 Å². The van der Waals surface area contributed by atoms with Crippen LogP contribution >= 0.6 is 0 Å². The molecule has 5 nitrogen and oxygen atoms in total. The number of nitrogens with zero attached hydrogens (tertiary/aromatic N) is 2. The van der Waals surface area contributed by atoms with Gasteiger partial charge in [-0.05, 0) is 52.7 Å². The highest BCUT2D eigenvalue weighted by molar-refractivity contribution is 5.98. The summed E-state index contributed by atoms with van der Waals surface area (Å²) < 4.78 is 8.03. The molecule has 0 bridgehead atoms. The van der Waals surface area contributed by atoms with E-state index in [0.717, 1.165) is 16.8 Å². The van der Waals surface area contributed by atoms with Gasteiger partial charge in [0, 0.05) is 18.0 Å². The normalized spacial score (nSPS) is 11.1. The number of carbonyl (C=O) groups is 1. The molecule has 0 radical (unpaired) electrons. The third-order valence-corrected chi connectivity index (χ3v) is 5.58. The van der Waals surface area contributed by atoms with E-state index in [1.165, 1.54) is 10.8 Å². The quantitative estimate of drug-likeness (QED) is 0.248. The lowest BCUT2D eigenvalue weighted by Gasteiger charge is -2.11. The molecular weight excluding hydrogens is 422 g/mol. The van der Waals surface area contributed by atoms with Crippen molar-refractivity contribution < 1.29 is 9.53 Å². The molecule has 166 valence electrons. The molecule has 0 unspecified atom stereocenters. The molecular formula is C29H23N3O2. The number of fused-ring (bicyclic) bond motifs is 1. The van der Waals surface area contributed by atoms with Gasteiger partial charge in [0.25, 0.3) is 5.91 Å². The van der Waals surface area contributed by atoms with Crippen LogP contribution in [0, 0.1) is 0 Å². The van der Waals surface area contributed by atoms with Gasteiger partial charge in [0.15, 0.2) is 0 Å². The number of ether oxygens (including phenoxy) is 1. The Morgan fingerprint density at radius 3 is 2.47 bits per heavy atom. The van der Waals surface area contributed by atoms with E-state index in [2.05, 4.69) is 34.8 Å². The SMILES string of the molecule is O=C(N/N=C/c1ccccc1OCc1cccc2ccccc12)c1ccccc1-n1cccc1. The van der Waals surface area contributed by atoms with E-state index in [1.54, 1.807) is 12.3 Å². The van der Waals surface area contributed by atoms with Crippen LogP contribution in [-0.4, -0.2) is 16.7 Å². The van der Waals surface area contributed by atoms with Crippen LogP contribution in [0.15, 0.2) is 121 Å². The number of amides is 1. The highest BCUT2D eigenvalue weighted by Crippen LogP contribution is 2.22. The molecule has 0 fully saturated rings. The Labute approximate surface area is 197 Å². The van der Waals surface area contributed by atoms with Crippen LogP contribution in [0.1, 0.15) is 21.5 Å². The second kappa shape index (κ2) is 9.88. The number of hydrogen-bond donors (Lipinski definition) is 1. The average Bonchev–Trinajstić information content (AvgIpc) is 3.43. The lowest BCUT2D eigenvalue weighted by Crippen LogP contribution is -2.19. The molecule has 0 aliphatic heterocycles. The number of hydrazone groups is 1. The van der Waals surface area contributed by atoms with Crippen LogP contribution in [-0.2, 0) is 6.61 Å². The molecule has 0 aliphatic carbocycles. The molecule has 0 aliphatic rings. The minimum absolute atomic E-state index is 0.283.